The summed E-state index contributed by atoms with van der Waals surface area (Å²) >= 11 is 0. The maximum Gasteiger partial charge on any atom is 0.256 e. The van der Waals surface area contributed by atoms with Crippen LogP contribution in [0.3, 0.4) is 0 Å². The van der Waals surface area contributed by atoms with Crippen molar-refractivity contribution in [1.29, 1.82) is 0 Å². The van der Waals surface area contributed by atoms with Crippen molar-refractivity contribution in [1.82, 2.24) is 15.3 Å². The van der Waals surface area contributed by atoms with Crippen LogP contribution in [0.4, 0.5) is 0 Å². The number of ether oxygens (including phenoxy) is 1. The molecule has 2 aromatic heterocycles. The van der Waals surface area contributed by atoms with Crippen molar-refractivity contribution >= 4 is 16.9 Å². The highest BCUT2D eigenvalue weighted by Gasteiger charge is 2.18. The van der Waals surface area contributed by atoms with Crippen molar-refractivity contribution in [2.75, 3.05) is 13.2 Å². The Morgan fingerprint density at radius 2 is 2.38 bits per heavy atom. The molecule has 2 N–H and O–H groups in total. The van der Waals surface area contributed by atoms with E-state index >= 15 is 0 Å². The van der Waals surface area contributed by atoms with E-state index in [9.17, 15) is 9.59 Å². The maximum absolute atomic E-state index is 12.3. The summed E-state index contributed by atoms with van der Waals surface area (Å²) in [5.41, 5.74) is 1.11. The van der Waals surface area contributed by atoms with E-state index in [2.05, 4.69) is 15.3 Å². The van der Waals surface area contributed by atoms with Crippen molar-refractivity contribution in [3.8, 4) is 0 Å². The van der Waals surface area contributed by atoms with Crippen LogP contribution in [0.5, 0.6) is 0 Å². The first-order chi connectivity index (χ1) is 10.1. The maximum atomic E-state index is 12.3. The largest absolute Gasteiger partial charge is 0.376 e. The van der Waals surface area contributed by atoms with E-state index in [1.807, 2.05) is 6.92 Å². The molecule has 1 atom stereocenters. The molecule has 0 unspecified atom stereocenters. The van der Waals surface area contributed by atoms with Gasteiger partial charge >= 0.3 is 0 Å². The van der Waals surface area contributed by atoms with Gasteiger partial charge in [-0.15, -0.1) is 0 Å². The van der Waals surface area contributed by atoms with Gasteiger partial charge in [-0.05, 0) is 31.9 Å². The minimum Gasteiger partial charge on any atom is -0.376 e. The molecule has 6 heteroatoms. The first kappa shape index (κ1) is 13.8. The molecule has 3 heterocycles. The summed E-state index contributed by atoms with van der Waals surface area (Å²) in [7, 11) is 0. The van der Waals surface area contributed by atoms with Crippen molar-refractivity contribution in [3.05, 3.63) is 39.8 Å². The summed E-state index contributed by atoms with van der Waals surface area (Å²) in [4.78, 5) is 31.6. The molecule has 1 aliphatic rings. The number of nitrogens with one attached hydrogen (secondary N) is 2. The highest BCUT2D eigenvalue weighted by Crippen LogP contribution is 2.11. The van der Waals surface area contributed by atoms with E-state index in [1.54, 1.807) is 12.1 Å². The van der Waals surface area contributed by atoms with E-state index in [0.29, 0.717) is 17.6 Å². The number of rotatable bonds is 3. The topological polar surface area (TPSA) is 84.1 Å². The van der Waals surface area contributed by atoms with Gasteiger partial charge in [0.25, 0.3) is 5.91 Å². The summed E-state index contributed by atoms with van der Waals surface area (Å²) < 4.78 is 5.44. The molecule has 1 amide bonds. The monoisotopic (exact) mass is 287 g/mol. The van der Waals surface area contributed by atoms with Crippen LogP contribution in [0.2, 0.25) is 0 Å². The molecular weight excluding hydrogens is 270 g/mol. The standard InChI is InChI=1S/C15H17N3O3/c1-9-4-5-11-13(19)12(8-16-14(11)18-9)15(20)17-7-10-3-2-6-21-10/h4-5,8,10H,2-3,6-7H2,1H3,(H,17,20)(H,16,18,19)/t10-/m1/s1. The smallest absolute Gasteiger partial charge is 0.256 e. The highest BCUT2D eigenvalue weighted by atomic mass is 16.5. The number of fused-ring (bicyclic) bond motifs is 1. The Kier molecular flexibility index (Phi) is 3.70. The predicted octanol–water partition coefficient (Wildman–Crippen LogP) is 1.14. The van der Waals surface area contributed by atoms with Crippen LogP contribution < -0.4 is 10.7 Å². The van der Waals surface area contributed by atoms with Crippen molar-refractivity contribution in [2.45, 2.75) is 25.9 Å². The Hall–Kier alpha value is -2.21. The summed E-state index contributed by atoms with van der Waals surface area (Å²) in [5, 5.41) is 3.18. The molecule has 21 heavy (non-hydrogen) atoms. The van der Waals surface area contributed by atoms with Gasteiger partial charge in [0.15, 0.2) is 0 Å². The molecule has 0 saturated carbocycles. The molecule has 0 aliphatic carbocycles. The van der Waals surface area contributed by atoms with Gasteiger partial charge in [0, 0.05) is 25.0 Å². The second kappa shape index (κ2) is 5.65. The second-order valence-electron chi connectivity index (χ2n) is 5.23. The number of hydrogen-bond acceptors (Lipinski definition) is 4. The fourth-order valence-electron chi connectivity index (χ4n) is 2.48. The van der Waals surface area contributed by atoms with Crippen molar-refractivity contribution < 1.29 is 9.53 Å². The van der Waals surface area contributed by atoms with Crippen LogP contribution in [0.15, 0.2) is 23.1 Å². The lowest BCUT2D eigenvalue weighted by Crippen LogP contribution is -2.34. The van der Waals surface area contributed by atoms with Crippen LogP contribution in [-0.4, -0.2) is 35.1 Å². The zero-order valence-electron chi connectivity index (χ0n) is 11.8. The van der Waals surface area contributed by atoms with Gasteiger partial charge in [0.05, 0.1) is 11.5 Å². The molecule has 0 radical (unpaired) electrons. The summed E-state index contributed by atoms with van der Waals surface area (Å²) in [6.07, 6.45) is 3.43. The third-order valence-electron chi connectivity index (χ3n) is 3.64. The molecular formula is C15H17N3O3. The third kappa shape index (κ3) is 2.80. The number of pyridine rings is 2. The number of aromatic nitrogens is 2. The number of carbonyl (C=O) groups is 1. The number of aryl methyl sites for hydroxylation is 1. The molecule has 1 aliphatic heterocycles. The van der Waals surface area contributed by atoms with Crippen LogP contribution in [0, 0.1) is 6.92 Å². The molecule has 0 spiro atoms. The van der Waals surface area contributed by atoms with Gasteiger partial charge in [-0.25, -0.2) is 4.98 Å². The molecule has 6 nitrogen and oxygen atoms in total. The van der Waals surface area contributed by atoms with Crippen LogP contribution in [0.1, 0.15) is 28.9 Å². The Labute approximate surface area is 121 Å². The lowest BCUT2D eigenvalue weighted by atomic mass is 10.1. The molecule has 3 rings (SSSR count). The van der Waals surface area contributed by atoms with Crippen molar-refractivity contribution in [3.63, 3.8) is 0 Å². The quantitative estimate of drug-likeness (QED) is 0.886. The number of H-pyrrole nitrogens is 1. The lowest BCUT2D eigenvalue weighted by Gasteiger charge is -2.10. The Morgan fingerprint density at radius 1 is 1.52 bits per heavy atom. The van der Waals surface area contributed by atoms with Crippen molar-refractivity contribution in [2.24, 2.45) is 0 Å². The molecule has 110 valence electrons. The number of nitrogens with zero attached hydrogens (tertiary/aromatic N) is 1. The van der Waals surface area contributed by atoms with Gasteiger partial charge in [-0.1, -0.05) is 0 Å². The van der Waals surface area contributed by atoms with E-state index in [-0.39, 0.29) is 23.0 Å². The predicted molar refractivity (Wildman–Crippen MR) is 78.4 cm³/mol. The number of hydrogen-bond donors (Lipinski definition) is 2. The average Bonchev–Trinajstić information content (AvgIpc) is 2.98. The third-order valence-corrected chi connectivity index (χ3v) is 3.64. The van der Waals surface area contributed by atoms with Crippen LogP contribution >= 0.6 is 0 Å². The summed E-state index contributed by atoms with van der Waals surface area (Å²) in [6.45, 7) is 3.02. The fourth-order valence-corrected chi connectivity index (χ4v) is 2.48. The minimum atomic E-state index is -0.380. The van der Waals surface area contributed by atoms with Gasteiger partial charge in [-0.3, -0.25) is 9.59 Å². The number of carbonyl (C=O) groups excluding carboxylic acids is 1. The molecule has 0 bridgehead atoms. The second-order valence-corrected chi connectivity index (χ2v) is 5.23. The molecule has 0 aromatic carbocycles. The first-order valence-corrected chi connectivity index (χ1v) is 7.04. The summed E-state index contributed by atoms with van der Waals surface area (Å²) in [5.74, 6) is -0.380. The lowest BCUT2D eigenvalue weighted by molar-refractivity contribution is 0.0857. The van der Waals surface area contributed by atoms with Gasteiger partial charge < -0.3 is 15.0 Å². The van der Waals surface area contributed by atoms with E-state index in [4.69, 9.17) is 4.74 Å². The first-order valence-electron chi connectivity index (χ1n) is 7.04. The zero-order valence-corrected chi connectivity index (χ0v) is 11.8. The Balaban J connectivity index is 1.82. The van der Waals surface area contributed by atoms with E-state index < -0.39 is 0 Å². The van der Waals surface area contributed by atoms with Gasteiger partial charge in [0.1, 0.15) is 11.2 Å². The average molecular weight is 287 g/mol. The Morgan fingerprint density at radius 3 is 3.14 bits per heavy atom. The van der Waals surface area contributed by atoms with Gasteiger partial charge in [-0.2, -0.15) is 0 Å². The number of amides is 1. The zero-order chi connectivity index (χ0) is 14.8. The molecule has 2 aromatic rings. The normalized spacial score (nSPS) is 18.0. The van der Waals surface area contributed by atoms with E-state index in [1.165, 1.54) is 6.20 Å². The SMILES string of the molecule is Cc1ccc2c(=O)c(C(=O)NC[C@H]3CCCO3)c[nH]c2n1. The fraction of sp³-hybridized carbons (Fsp3) is 0.400. The van der Waals surface area contributed by atoms with E-state index in [0.717, 1.165) is 25.1 Å². The highest BCUT2D eigenvalue weighted by molar-refractivity contribution is 5.96. The molecule has 1 fully saturated rings. The van der Waals surface area contributed by atoms with Gasteiger partial charge in [0.2, 0.25) is 5.43 Å². The Bertz CT molecular complexity index is 733. The summed E-state index contributed by atoms with van der Waals surface area (Å²) in [6, 6.07) is 3.44. The molecule has 1 saturated heterocycles. The number of aromatic amines is 1. The minimum absolute atomic E-state index is 0.0535. The van der Waals surface area contributed by atoms with Crippen LogP contribution in [-0.2, 0) is 4.74 Å². The van der Waals surface area contributed by atoms with Crippen LogP contribution in [0.25, 0.3) is 11.0 Å².